The van der Waals surface area contributed by atoms with Gasteiger partial charge in [0.1, 0.15) is 5.75 Å². The minimum absolute atomic E-state index is 0.148. The van der Waals surface area contributed by atoms with E-state index in [1.807, 2.05) is 24.3 Å². The molecule has 2 aromatic carbocycles. The van der Waals surface area contributed by atoms with Gasteiger partial charge in [-0.25, -0.2) is 8.42 Å². The van der Waals surface area contributed by atoms with Gasteiger partial charge in [0.15, 0.2) is 0 Å². The minimum Gasteiger partial charge on any atom is -0.496 e. The highest BCUT2D eigenvalue weighted by atomic mass is 32.2. The molecule has 0 saturated carbocycles. The molecule has 6 nitrogen and oxygen atoms in total. The molecule has 0 aromatic heterocycles. The number of hydrogen-bond donors (Lipinski definition) is 0. The summed E-state index contributed by atoms with van der Waals surface area (Å²) in [6.07, 6.45) is 1.16. The van der Waals surface area contributed by atoms with E-state index in [4.69, 9.17) is 4.74 Å². The molecule has 2 rings (SSSR count). The summed E-state index contributed by atoms with van der Waals surface area (Å²) in [5.74, 6) is 0.582. The minimum atomic E-state index is -3.34. The van der Waals surface area contributed by atoms with Crippen LogP contribution in [0.25, 0.3) is 0 Å². The standard InChI is InChI=1S/C19H24N2O4S/c1-5-21(26(4,23)24)17-12-10-15(11-13-17)19(22)20(2)14-16-8-6-7-9-18(16)25-3/h6-13H,5,14H2,1-4H3. The maximum absolute atomic E-state index is 12.6. The summed E-state index contributed by atoms with van der Waals surface area (Å²) < 4.78 is 30.2. The fourth-order valence-electron chi connectivity index (χ4n) is 2.76. The van der Waals surface area contributed by atoms with E-state index in [-0.39, 0.29) is 5.91 Å². The maximum Gasteiger partial charge on any atom is 0.253 e. The van der Waals surface area contributed by atoms with Gasteiger partial charge in [0.05, 0.1) is 19.1 Å². The maximum atomic E-state index is 12.6. The first-order valence-corrected chi connectivity index (χ1v) is 10.1. The fraction of sp³-hybridized carbons (Fsp3) is 0.316. The highest BCUT2D eigenvalue weighted by Gasteiger charge is 2.17. The Hall–Kier alpha value is -2.54. The summed E-state index contributed by atoms with van der Waals surface area (Å²) >= 11 is 0. The van der Waals surface area contributed by atoms with Crippen LogP contribution < -0.4 is 9.04 Å². The molecule has 26 heavy (non-hydrogen) atoms. The zero-order valence-corrected chi connectivity index (χ0v) is 16.3. The first-order chi connectivity index (χ1) is 12.3. The topological polar surface area (TPSA) is 66.9 Å². The lowest BCUT2D eigenvalue weighted by Gasteiger charge is -2.22. The molecule has 0 N–H and O–H groups in total. The molecule has 0 heterocycles. The van der Waals surface area contributed by atoms with Crippen LogP contribution in [0, 0.1) is 0 Å². The molecule has 2 aromatic rings. The van der Waals surface area contributed by atoms with E-state index in [1.54, 1.807) is 50.2 Å². The molecule has 1 amide bonds. The predicted molar refractivity (Wildman–Crippen MR) is 103 cm³/mol. The fourth-order valence-corrected chi connectivity index (χ4v) is 3.73. The largest absolute Gasteiger partial charge is 0.496 e. The first kappa shape index (κ1) is 19.8. The van der Waals surface area contributed by atoms with Crippen molar-refractivity contribution in [2.24, 2.45) is 0 Å². The van der Waals surface area contributed by atoms with E-state index in [9.17, 15) is 13.2 Å². The highest BCUT2D eigenvalue weighted by Crippen LogP contribution is 2.21. The highest BCUT2D eigenvalue weighted by molar-refractivity contribution is 7.92. The van der Waals surface area contributed by atoms with Crippen LogP contribution in [0.5, 0.6) is 5.75 Å². The molecule has 0 unspecified atom stereocenters. The van der Waals surface area contributed by atoms with Crippen molar-refractivity contribution in [3.63, 3.8) is 0 Å². The summed E-state index contributed by atoms with van der Waals surface area (Å²) in [4.78, 5) is 14.2. The number of anilines is 1. The lowest BCUT2D eigenvalue weighted by atomic mass is 10.1. The van der Waals surface area contributed by atoms with E-state index in [0.29, 0.717) is 24.3 Å². The van der Waals surface area contributed by atoms with Crippen LogP contribution in [-0.4, -0.2) is 46.2 Å². The molecule has 0 aliphatic rings. The van der Waals surface area contributed by atoms with Gasteiger partial charge in [0.25, 0.3) is 5.91 Å². The average Bonchev–Trinajstić information content (AvgIpc) is 2.61. The Morgan fingerprint density at radius 3 is 2.23 bits per heavy atom. The zero-order valence-electron chi connectivity index (χ0n) is 15.5. The molecule has 0 aliphatic carbocycles. The number of sulfonamides is 1. The molecule has 0 bridgehead atoms. The SMILES string of the molecule is CCN(c1ccc(C(=O)N(C)Cc2ccccc2OC)cc1)S(C)(=O)=O. The van der Waals surface area contributed by atoms with Crippen molar-refractivity contribution in [1.82, 2.24) is 4.90 Å². The van der Waals surface area contributed by atoms with Crippen LogP contribution in [0.15, 0.2) is 48.5 Å². The third-order valence-corrected chi connectivity index (χ3v) is 5.31. The number of methoxy groups -OCH3 is 1. The molecule has 0 saturated heterocycles. The van der Waals surface area contributed by atoms with Crippen molar-refractivity contribution in [1.29, 1.82) is 0 Å². The number of rotatable bonds is 7. The van der Waals surface area contributed by atoms with Gasteiger partial charge in [-0.1, -0.05) is 18.2 Å². The van der Waals surface area contributed by atoms with Gasteiger partial charge in [-0.3, -0.25) is 9.10 Å². The van der Waals surface area contributed by atoms with Gasteiger partial charge < -0.3 is 9.64 Å². The Kier molecular flexibility index (Phi) is 6.26. The van der Waals surface area contributed by atoms with Gasteiger partial charge in [-0.05, 0) is 37.3 Å². The summed E-state index contributed by atoms with van der Waals surface area (Å²) in [6.45, 7) is 2.51. The molecule has 0 radical (unpaired) electrons. The lowest BCUT2D eigenvalue weighted by molar-refractivity contribution is 0.0784. The third-order valence-electron chi connectivity index (χ3n) is 4.04. The Morgan fingerprint density at radius 1 is 1.08 bits per heavy atom. The number of benzene rings is 2. The molecule has 7 heteroatoms. The Bertz CT molecular complexity index is 863. The number of ether oxygens (including phenoxy) is 1. The van der Waals surface area contributed by atoms with Crippen molar-refractivity contribution in [3.05, 3.63) is 59.7 Å². The van der Waals surface area contributed by atoms with Crippen LogP contribution >= 0.6 is 0 Å². The van der Waals surface area contributed by atoms with E-state index in [0.717, 1.165) is 17.6 Å². The third kappa shape index (κ3) is 4.54. The molecule has 0 fully saturated rings. The molecule has 0 aliphatic heterocycles. The molecule has 0 atom stereocenters. The van der Waals surface area contributed by atoms with Gasteiger partial charge in [0.2, 0.25) is 10.0 Å². The summed E-state index contributed by atoms with van der Waals surface area (Å²) in [5, 5.41) is 0. The Balaban J connectivity index is 2.16. The number of para-hydroxylation sites is 1. The monoisotopic (exact) mass is 376 g/mol. The average molecular weight is 376 g/mol. The second-order valence-corrected chi connectivity index (χ2v) is 7.85. The van der Waals surface area contributed by atoms with Crippen LogP contribution in [0.3, 0.4) is 0 Å². The number of hydrogen-bond acceptors (Lipinski definition) is 4. The Labute approximate surface area is 155 Å². The van der Waals surface area contributed by atoms with Crippen LogP contribution in [0.4, 0.5) is 5.69 Å². The normalized spacial score (nSPS) is 11.1. The second-order valence-electron chi connectivity index (χ2n) is 5.95. The van der Waals surface area contributed by atoms with Crippen molar-refractivity contribution < 1.29 is 17.9 Å². The molecular weight excluding hydrogens is 352 g/mol. The van der Waals surface area contributed by atoms with Crippen molar-refractivity contribution in [3.8, 4) is 5.75 Å². The summed E-state index contributed by atoms with van der Waals surface area (Å²) in [7, 11) is -0.0241. The van der Waals surface area contributed by atoms with E-state index >= 15 is 0 Å². The van der Waals surface area contributed by atoms with Crippen molar-refractivity contribution in [2.45, 2.75) is 13.5 Å². The summed E-state index contributed by atoms with van der Waals surface area (Å²) in [6, 6.07) is 14.1. The van der Waals surface area contributed by atoms with Crippen LogP contribution in [0.1, 0.15) is 22.8 Å². The van der Waals surface area contributed by atoms with E-state index in [2.05, 4.69) is 0 Å². The molecule has 140 valence electrons. The van der Waals surface area contributed by atoms with Gasteiger partial charge in [-0.15, -0.1) is 0 Å². The first-order valence-electron chi connectivity index (χ1n) is 8.23. The van der Waals surface area contributed by atoms with Crippen molar-refractivity contribution >= 4 is 21.6 Å². The number of carbonyl (C=O) groups excluding carboxylic acids is 1. The molecule has 0 spiro atoms. The number of nitrogens with zero attached hydrogens (tertiary/aromatic N) is 2. The van der Waals surface area contributed by atoms with E-state index < -0.39 is 10.0 Å². The molecular formula is C19H24N2O4S. The predicted octanol–water partition coefficient (Wildman–Crippen LogP) is 2.75. The van der Waals surface area contributed by atoms with Gasteiger partial charge in [0, 0.05) is 31.3 Å². The van der Waals surface area contributed by atoms with Crippen LogP contribution in [0.2, 0.25) is 0 Å². The van der Waals surface area contributed by atoms with E-state index in [1.165, 1.54) is 4.31 Å². The summed E-state index contributed by atoms with van der Waals surface area (Å²) in [5.41, 5.74) is 1.95. The lowest BCUT2D eigenvalue weighted by Crippen LogP contribution is -2.29. The smallest absolute Gasteiger partial charge is 0.253 e. The zero-order chi connectivity index (χ0) is 19.3. The quantitative estimate of drug-likeness (QED) is 0.745. The van der Waals surface area contributed by atoms with Gasteiger partial charge >= 0.3 is 0 Å². The number of carbonyl (C=O) groups is 1. The van der Waals surface area contributed by atoms with Gasteiger partial charge in [-0.2, -0.15) is 0 Å². The van der Waals surface area contributed by atoms with Crippen LogP contribution in [-0.2, 0) is 16.6 Å². The van der Waals surface area contributed by atoms with Crippen molar-refractivity contribution in [2.75, 3.05) is 31.3 Å². The second kappa shape index (κ2) is 8.23. The Morgan fingerprint density at radius 2 is 1.69 bits per heavy atom. The number of amides is 1.